The number of carbonyl (C=O) groups excluding carboxylic acids is 2. The summed E-state index contributed by atoms with van der Waals surface area (Å²) in [6.45, 7) is 5.41. The number of fused-ring (bicyclic) bond motifs is 6. The van der Waals surface area contributed by atoms with Crippen LogP contribution in [0.5, 0.6) is 0 Å². The fourth-order valence-corrected chi connectivity index (χ4v) is 10.4. The van der Waals surface area contributed by atoms with Crippen LogP contribution in [0, 0.1) is 53.2 Å². The number of imide groups is 1. The van der Waals surface area contributed by atoms with Gasteiger partial charge in [0.05, 0.1) is 23.9 Å². The van der Waals surface area contributed by atoms with Gasteiger partial charge in [0.25, 0.3) is 0 Å². The highest BCUT2D eigenvalue weighted by molar-refractivity contribution is 6.06. The van der Waals surface area contributed by atoms with Crippen molar-refractivity contribution in [1.82, 2.24) is 9.80 Å². The highest BCUT2D eigenvalue weighted by Gasteiger charge is 2.72. The monoisotopic (exact) mass is 605 g/mol. The zero-order chi connectivity index (χ0) is 30.2. The first-order valence-electron chi connectivity index (χ1n) is 16.4. The zero-order valence-corrected chi connectivity index (χ0v) is 24.8. The average molecular weight is 606 g/mol. The Bertz CT molecular complexity index is 1250. The summed E-state index contributed by atoms with van der Waals surface area (Å²) in [4.78, 5) is 33.5. The predicted molar refractivity (Wildman–Crippen MR) is 152 cm³/mol. The van der Waals surface area contributed by atoms with Gasteiger partial charge in [0, 0.05) is 44.5 Å². The number of piperidine rings is 1. The van der Waals surface area contributed by atoms with Crippen molar-refractivity contribution in [3.05, 3.63) is 29.6 Å². The minimum Gasteiger partial charge on any atom is -0.393 e. The van der Waals surface area contributed by atoms with E-state index >= 15 is 0 Å². The number of amides is 2. The molecule has 1 aromatic rings. The molecule has 9 atom stereocenters. The molecule has 0 spiro atoms. The number of benzene rings is 1. The molecule has 5 fully saturated rings. The Hall–Kier alpha value is -2.20. The van der Waals surface area contributed by atoms with Crippen molar-refractivity contribution in [3.63, 3.8) is 0 Å². The average Bonchev–Trinajstić information content (AvgIpc) is 3.72. The van der Waals surface area contributed by atoms with E-state index in [0.29, 0.717) is 18.5 Å². The molecule has 1 N–H and O–H groups in total. The lowest BCUT2D eigenvalue weighted by Gasteiger charge is -2.41. The van der Waals surface area contributed by atoms with Gasteiger partial charge in [-0.3, -0.25) is 14.5 Å². The van der Waals surface area contributed by atoms with Gasteiger partial charge >= 0.3 is 6.18 Å². The van der Waals surface area contributed by atoms with Crippen LogP contribution in [0.2, 0.25) is 0 Å². The van der Waals surface area contributed by atoms with Crippen molar-refractivity contribution < 1.29 is 32.3 Å². The Morgan fingerprint density at radius 1 is 0.930 bits per heavy atom. The summed E-state index contributed by atoms with van der Waals surface area (Å²) in [5.41, 5.74) is 2.25. The van der Waals surface area contributed by atoms with Gasteiger partial charge in [-0.1, -0.05) is 18.9 Å². The molecule has 6 aliphatic rings. The Balaban J connectivity index is 0.993. The number of hydrogen-bond acceptors (Lipinski definition) is 5. The van der Waals surface area contributed by atoms with E-state index < -0.39 is 53.7 Å². The van der Waals surface area contributed by atoms with Crippen LogP contribution < -0.4 is 4.90 Å². The van der Waals surface area contributed by atoms with E-state index in [0.717, 1.165) is 76.8 Å². The molecule has 0 radical (unpaired) electrons. The van der Waals surface area contributed by atoms with Crippen molar-refractivity contribution in [2.45, 2.75) is 76.6 Å². The standard InChI is InChI=1S/C33H43F4N3O3/c1-18(41)27-24-15-25(30(27)33(35,36)37)29-28(24)31(42)40(32(29)43)17-21-5-3-2-4-20(21)16-38-11-9-23(10-12-38)39-13-8-19-6-7-22(34)14-26(19)39/h6-7,14,18,20-21,23-25,27-30,41H,2-5,8-13,15-17H2,1H3/t18?,20-,21-,24?,25?,27?,28?,29?,30?/m0/s1. The van der Waals surface area contributed by atoms with Crippen LogP contribution in [-0.2, 0) is 16.0 Å². The molecule has 7 unspecified atom stereocenters. The third-order valence-electron chi connectivity index (χ3n) is 12.2. The number of aliphatic hydroxyl groups is 1. The van der Waals surface area contributed by atoms with E-state index in [4.69, 9.17) is 0 Å². The Labute approximate surface area is 250 Å². The zero-order valence-electron chi connectivity index (χ0n) is 24.8. The summed E-state index contributed by atoms with van der Waals surface area (Å²) in [5.74, 6) is -6.31. The molecule has 43 heavy (non-hydrogen) atoms. The highest BCUT2D eigenvalue weighted by atomic mass is 19.4. The number of aliphatic hydroxyl groups excluding tert-OH is 1. The number of alkyl halides is 3. The third kappa shape index (κ3) is 4.99. The molecule has 2 amide bonds. The van der Waals surface area contributed by atoms with Crippen LogP contribution in [-0.4, -0.2) is 77.8 Å². The van der Waals surface area contributed by atoms with E-state index in [9.17, 15) is 32.3 Å². The number of nitrogens with zero attached hydrogens (tertiary/aromatic N) is 3. The van der Waals surface area contributed by atoms with Crippen molar-refractivity contribution in [2.75, 3.05) is 37.6 Å². The fraction of sp³-hybridized carbons (Fsp3) is 0.758. The number of anilines is 1. The predicted octanol–water partition coefficient (Wildman–Crippen LogP) is 4.89. The normalized spacial score (nSPS) is 37.3. The second-order valence-electron chi connectivity index (χ2n) is 14.3. The van der Waals surface area contributed by atoms with Gasteiger partial charge < -0.3 is 14.9 Å². The molecule has 7 rings (SSSR count). The molecule has 10 heteroatoms. The van der Waals surface area contributed by atoms with Crippen molar-refractivity contribution in [3.8, 4) is 0 Å². The molecule has 6 nitrogen and oxygen atoms in total. The smallest absolute Gasteiger partial charge is 0.392 e. The summed E-state index contributed by atoms with van der Waals surface area (Å²) in [7, 11) is 0. The number of hydrogen-bond donors (Lipinski definition) is 1. The highest BCUT2D eigenvalue weighted by Crippen LogP contribution is 2.65. The quantitative estimate of drug-likeness (QED) is 0.370. The number of likely N-dealkylation sites (tertiary alicyclic amines) is 2. The summed E-state index contributed by atoms with van der Waals surface area (Å²) in [5, 5.41) is 10.3. The molecule has 3 aliphatic carbocycles. The van der Waals surface area contributed by atoms with E-state index in [2.05, 4.69) is 9.80 Å². The number of carbonyl (C=O) groups is 2. The van der Waals surface area contributed by atoms with Crippen molar-refractivity contribution >= 4 is 17.5 Å². The molecule has 3 heterocycles. The topological polar surface area (TPSA) is 64.1 Å². The largest absolute Gasteiger partial charge is 0.393 e. The second-order valence-corrected chi connectivity index (χ2v) is 14.3. The minimum absolute atomic E-state index is 0.148. The molecular formula is C33H43F4N3O3. The summed E-state index contributed by atoms with van der Waals surface area (Å²) < 4.78 is 56.3. The maximum Gasteiger partial charge on any atom is 0.392 e. The van der Waals surface area contributed by atoms with Crippen LogP contribution in [0.25, 0.3) is 0 Å². The van der Waals surface area contributed by atoms with Gasteiger partial charge in [-0.2, -0.15) is 13.2 Å². The molecule has 3 saturated carbocycles. The summed E-state index contributed by atoms with van der Waals surface area (Å²) >= 11 is 0. The fourth-order valence-electron chi connectivity index (χ4n) is 10.4. The molecule has 1 aromatic carbocycles. The lowest BCUT2D eigenvalue weighted by molar-refractivity contribution is -0.217. The Morgan fingerprint density at radius 2 is 1.58 bits per heavy atom. The first-order chi connectivity index (χ1) is 20.5. The van der Waals surface area contributed by atoms with E-state index in [1.807, 2.05) is 6.07 Å². The summed E-state index contributed by atoms with van der Waals surface area (Å²) in [6, 6.07) is 5.49. The lowest BCUT2D eigenvalue weighted by Crippen LogP contribution is -2.47. The Morgan fingerprint density at radius 3 is 2.23 bits per heavy atom. The van der Waals surface area contributed by atoms with Crippen LogP contribution in [0.4, 0.5) is 23.2 Å². The molecular weight excluding hydrogens is 562 g/mol. The maximum atomic E-state index is 14.1. The molecule has 3 aliphatic heterocycles. The molecule has 236 valence electrons. The lowest BCUT2D eigenvalue weighted by atomic mass is 9.67. The van der Waals surface area contributed by atoms with Gasteiger partial charge in [-0.15, -0.1) is 0 Å². The van der Waals surface area contributed by atoms with E-state index in [1.54, 1.807) is 6.07 Å². The number of halogens is 4. The van der Waals surface area contributed by atoms with Crippen LogP contribution in [0.1, 0.15) is 57.4 Å². The van der Waals surface area contributed by atoms with Crippen LogP contribution in [0.15, 0.2) is 18.2 Å². The second kappa shape index (κ2) is 11.0. The van der Waals surface area contributed by atoms with Gasteiger partial charge in [0.1, 0.15) is 5.82 Å². The first kappa shape index (κ1) is 29.5. The maximum absolute atomic E-state index is 14.1. The Kier molecular flexibility index (Phi) is 7.55. The van der Waals surface area contributed by atoms with Gasteiger partial charge in [-0.05, 0) is 92.7 Å². The molecule has 0 aromatic heterocycles. The van der Waals surface area contributed by atoms with E-state index in [1.165, 1.54) is 23.5 Å². The minimum atomic E-state index is -4.50. The van der Waals surface area contributed by atoms with Crippen molar-refractivity contribution in [1.29, 1.82) is 0 Å². The molecule has 2 saturated heterocycles. The van der Waals surface area contributed by atoms with Crippen LogP contribution in [0.3, 0.4) is 0 Å². The third-order valence-corrected chi connectivity index (χ3v) is 12.2. The molecule has 2 bridgehead atoms. The van der Waals surface area contributed by atoms with E-state index in [-0.39, 0.29) is 24.1 Å². The summed E-state index contributed by atoms with van der Waals surface area (Å²) in [6.07, 6.45) is 1.56. The van der Waals surface area contributed by atoms with Gasteiger partial charge in [-0.25, -0.2) is 4.39 Å². The van der Waals surface area contributed by atoms with Crippen molar-refractivity contribution in [2.24, 2.45) is 47.3 Å². The van der Waals surface area contributed by atoms with Gasteiger partial charge in [0.15, 0.2) is 0 Å². The SMILES string of the molecule is CC(O)C1C2CC(C3C(=O)N(C[C@@H]4CCCC[C@H]4CN4CCC(N5CCc6ccc(F)cc65)CC4)C(=O)C23)C1C(F)(F)F. The van der Waals surface area contributed by atoms with Gasteiger partial charge in [0.2, 0.25) is 11.8 Å². The first-order valence-corrected chi connectivity index (χ1v) is 16.4. The number of rotatable bonds is 6. The van der Waals surface area contributed by atoms with Crippen LogP contribution >= 0.6 is 0 Å².